The van der Waals surface area contributed by atoms with Crippen LogP contribution in [0.1, 0.15) is 42.5 Å². The lowest BCUT2D eigenvalue weighted by atomic mass is 10.1. The molecule has 0 aliphatic heterocycles. The van der Waals surface area contributed by atoms with Gasteiger partial charge in [-0.15, -0.1) is 0 Å². The fourth-order valence-corrected chi connectivity index (χ4v) is 2.88. The van der Waals surface area contributed by atoms with Crippen LogP contribution in [0.2, 0.25) is 10.0 Å². The number of aliphatic hydroxyl groups excluding tert-OH is 1. The quantitative estimate of drug-likeness (QED) is 0.863. The summed E-state index contributed by atoms with van der Waals surface area (Å²) in [7, 11) is 0. The van der Waals surface area contributed by atoms with Crippen LogP contribution in [0.15, 0.2) is 34.7 Å². The minimum Gasteiger partial charge on any atom is -0.463 e. The number of aliphatic hydroxyl groups is 1. The van der Waals surface area contributed by atoms with Gasteiger partial charge in [-0.05, 0) is 36.1 Å². The molecule has 1 fully saturated rings. The zero-order chi connectivity index (χ0) is 14.3. The highest BCUT2D eigenvalue weighted by atomic mass is 35.5. The van der Waals surface area contributed by atoms with E-state index in [2.05, 4.69) is 6.92 Å². The van der Waals surface area contributed by atoms with Gasteiger partial charge in [-0.25, -0.2) is 0 Å². The molecule has 1 aromatic heterocycles. The van der Waals surface area contributed by atoms with Crippen molar-refractivity contribution in [2.24, 2.45) is 5.92 Å². The summed E-state index contributed by atoms with van der Waals surface area (Å²) >= 11 is 12.1. The van der Waals surface area contributed by atoms with Crippen molar-refractivity contribution in [2.75, 3.05) is 0 Å². The summed E-state index contributed by atoms with van der Waals surface area (Å²) in [5, 5.41) is 11.3. The van der Waals surface area contributed by atoms with Crippen molar-refractivity contribution in [3.63, 3.8) is 0 Å². The third-order valence-electron chi connectivity index (χ3n) is 3.90. The van der Waals surface area contributed by atoms with Crippen LogP contribution in [-0.2, 0) is 6.42 Å². The molecule has 0 spiro atoms. The lowest BCUT2D eigenvalue weighted by molar-refractivity contribution is 0.148. The van der Waals surface area contributed by atoms with Gasteiger partial charge in [0.1, 0.15) is 17.6 Å². The summed E-state index contributed by atoms with van der Waals surface area (Å²) in [5.74, 6) is 2.78. The molecule has 1 aliphatic carbocycles. The summed E-state index contributed by atoms with van der Waals surface area (Å²) < 4.78 is 5.76. The van der Waals surface area contributed by atoms with Gasteiger partial charge in [0.15, 0.2) is 0 Å². The summed E-state index contributed by atoms with van der Waals surface area (Å²) in [6, 6.07) is 9.25. The molecular formula is C16H16Cl2O2. The van der Waals surface area contributed by atoms with Gasteiger partial charge in [0.2, 0.25) is 0 Å². The van der Waals surface area contributed by atoms with Crippen molar-refractivity contribution in [1.82, 2.24) is 0 Å². The van der Waals surface area contributed by atoms with Crippen LogP contribution in [0.4, 0.5) is 0 Å². The van der Waals surface area contributed by atoms with Crippen LogP contribution < -0.4 is 0 Å². The molecule has 2 aromatic rings. The first-order valence-electron chi connectivity index (χ1n) is 6.77. The molecule has 4 heteroatoms. The van der Waals surface area contributed by atoms with E-state index in [4.69, 9.17) is 27.6 Å². The Morgan fingerprint density at radius 1 is 1.30 bits per heavy atom. The first-order valence-corrected chi connectivity index (χ1v) is 7.52. The highest BCUT2D eigenvalue weighted by Gasteiger charge is 2.36. The van der Waals surface area contributed by atoms with Gasteiger partial charge in [-0.2, -0.15) is 0 Å². The summed E-state index contributed by atoms with van der Waals surface area (Å²) in [6.45, 7) is 2.20. The SMILES string of the molecule is CC1CC1c1ccc(C(O)Cc2cccc(Cl)c2Cl)o1. The van der Waals surface area contributed by atoms with Crippen molar-refractivity contribution < 1.29 is 9.52 Å². The van der Waals surface area contributed by atoms with Crippen molar-refractivity contribution in [3.05, 3.63) is 57.5 Å². The molecule has 106 valence electrons. The average molecular weight is 311 g/mol. The first-order chi connectivity index (χ1) is 9.56. The van der Waals surface area contributed by atoms with Crippen LogP contribution >= 0.6 is 23.2 Å². The van der Waals surface area contributed by atoms with Crippen molar-refractivity contribution in [3.8, 4) is 0 Å². The zero-order valence-electron chi connectivity index (χ0n) is 11.1. The molecule has 20 heavy (non-hydrogen) atoms. The number of hydrogen-bond donors (Lipinski definition) is 1. The Morgan fingerprint density at radius 3 is 2.75 bits per heavy atom. The van der Waals surface area contributed by atoms with E-state index in [0.29, 0.717) is 34.1 Å². The Labute approximate surface area is 128 Å². The number of furan rings is 1. The standard InChI is InChI=1S/C16H16Cl2O2/c1-9-7-11(9)14-5-6-15(20-14)13(19)8-10-3-2-4-12(17)16(10)18/h2-6,9,11,13,19H,7-8H2,1H3. The maximum Gasteiger partial charge on any atom is 0.133 e. The van der Waals surface area contributed by atoms with Gasteiger partial charge < -0.3 is 9.52 Å². The summed E-state index contributed by atoms with van der Waals surface area (Å²) in [5.41, 5.74) is 0.824. The van der Waals surface area contributed by atoms with Crippen molar-refractivity contribution in [1.29, 1.82) is 0 Å². The second-order valence-electron chi connectivity index (χ2n) is 5.49. The number of halogens is 2. The van der Waals surface area contributed by atoms with Gasteiger partial charge in [0.25, 0.3) is 0 Å². The lowest BCUT2D eigenvalue weighted by Gasteiger charge is -2.10. The van der Waals surface area contributed by atoms with E-state index in [9.17, 15) is 5.11 Å². The molecular weight excluding hydrogens is 295 g/mol. The molecule has 1 saturated carbocycles. The molecule has 0 bridgehead atoms. The molecule has 3 atom stereocenters. The summed E-state index contributed by atoms with van der Waals surface area (Å²) in [6.07, 6.45) is 0.865. The second kappa shape index (κ2) is 5.44. The van der Waals surface area contributed by atoms with Crippen molar-refractivity contribution >= 4 is 23.2 Å². The van der Waals surface area contributed by atoms with E-state index in [-0.39, 0.29) is 0 Å². The van der Waals surface area contributed by atoms with Gasteiger partial charge in [-0.3, -0.25) is 0 Å². The number of rotatable bonds is 4. The molecule has 1 aliphatic rings. The van der Waals surface area contributed by atoms with Gasteiger partial charge in [0, 0.05) is 12.3 Å². The summed E-state index contributed by atoms with van der Waals surface area (Å²) in [4.78, 5) is 0. The highest BCUT2D eigenvalue weighted by Crippen LogP contribution is 2.47. The fourth-order valence-electron chi connectivity index (χ4n) is 2.48. The van der Waals surface area contributed by atoms with E-state index in [1.54, 1.807) is 6.07 Å². The number of benzene rings is 1. The maximum atomic E-state index is 10.3. The monoisotopic (exact) mass is 310 g/mol. The molecule has 3 unspecified atom stereocenters. The molecule has 1 heterocycles. The van der Waals surface area contributed by atoms with Crippen LogP contribution in [0.25, 0.3) is 0 Å². The predicted molar refractivity (Wildman–Crippen MR) is 80.4 cm³/mol. The van der Waals surface area contributed by atoms with E-state index in [1.165, 1.54) is 6.42 Å². The largest absolute Gasteiger partial charge is 0.463 e. The minimum atomic E-state index is -0.700. The van der Waals surface area contributed by atoms with Gasteiger partial charge in [-0.1, -0.05) is 42.3 Å². The third kappa shape index (κ3) is 2.73. The molecule has 0 amide bonds. The smallest absolute Gasteiger partial charge is 0.133 e. The second-order valence-corrected chi connectivity index (χ2v) is 6.28. The van der Waals surface area contributed by atoms with Crippen LogP contribution in [0.3, 0.4) is 0 Å². The topological polar surface area (TPSA) is 33.4 Å². The molecule has 1 N–H and O–H groups in total. The maximum absolute atomic E-state index is 10.3. The van der Waals surface area contributed by atoms with Crippen molar-refractivity contribution in [2.45, 2.75) is 31.8 Å². The third-order valence-corrected chi connectivity index (χ3v) is 4.75. The highest BCUT2D eigenvalue weighted by molar-refractivity contribution is 6.42. The molecule has 3 rings (SSSR count). The predicted octanol–water partition coefficient (Wildman–Crippen LogP) is 4.99. The average Bonchev–Trinajstić information content (AvgIpc) is 2.96. The van der Waals surface area contributed by atoms with Crippen LogP contribution in [0.5, 0.6) is 0 Å². The van der Waals surface area contributed by atoms with E-state index in [0.717, 1.165) is 11.3 Å². The zero-order valence-corrected chi connectivity index (χ0v) is 12.7. The Morgan fingerprint density at radius 2 is 2.05 bits per heavy atom. The lowest BCUT2D eigenvalue weighted by Crippen LogP contribution is -2.01. The van der Waals surface area contributed by atoms with Gasteiger partial charge >= 0.3 is 0 Å². The first kappa shape index (κ1) is 14.0. The molecule has 0 saturated heterocycles. The Bertz CT molecular complexity index is 621. The Kier molecular flexibility index (Phi) is 3.80. The van der Waals surface area contributed by atoms with E-state index < -0.39 is 6.10 Å². The normalized spacial score (nSPS) is 22.8. The number of hydrogen-bond acceptors (Lipinski definition) is 2. The minimum absolute atomic E-state index is 0.395. The fraction of sp³-hybridized carbons (Fsp3) is 0.375. The molecule has 2 nitrogen and oxygen atoms in total. The van der Waals surface area contributed by atoms with E-state index >= 15 is 0 Å². The molecule has 0 radical (unpaired) electrons. The molecule has 1 aromatic carbocycles. The van der Waals surface area contributed by atoms with E-state index in [1.807, 2.05) is 24.3 Å². The Hall–Kier alpha value is -0.960. The van der Waals surface area contributed by atoms with Crippen LogP contribution in [-0.4, -0.2) is 5.11 Å². The van der Waals surface area contributed by atoms with Gasteiger partial charge in [0.05, 0.1) is 10.0 Å². The Balaban J connectivity index is 1.74. The van der Waals surface area contributed by atoms with Crippen LogP contribution in [0, 0.1) is 5.92 Å².